The summed E-state index contributed by atoms with van der Waals surface area (Å²) in [6, 6.07) is 6.07. The lowest BCUT2D eigenvalue weighted by atomic mass is 10.2. The molecule has 1 aromatic carbocycles. The SMILES string of the molecule is Cc1nn(Cc2c(C(=O)Nc3ccn(Cc4c(F)cccc4Cl)n3)noc2C)c(C)c1Cl. The van der Waals surface area contributed by atoms with Crippen LogP contribution in [0.1, 0.15) is 38.8 Å². The molecule has 3 aromatic heterocycles. The Morgan fingerprint density at radius 1 is 1.12 bits per heavy atom. The van der Waals surface area contributed by atoms with E-state index in [2.05, 4.69) is 20.7 Å². The Morgan fingerprint density at radius 3 is 2.59 bits per heavy atom. The minimum Gasteiger partial charge on any atom is -0.361 e. The molecule has 4 aromatic rings. The largest absolute Gasteiger partial charge is 0.361 e. The monoisotopic (exact) mass is 476 g/mol. The van der Waals surface area contributed by atoms with E-state index in [-0.39, 0.29) is 24.6 Å². The number of carbonyl (C=O) groups is 1. The summed E-state index contributed by atoms with van der Waals surface area (Å²) >= 11 is 12.3. The summed E-state index contributed by atoms with van der Waals surface area (Å²) in [5.41, 5.74) is 2.50. The first kappa shape index (κ1) is 22.0. The van der Waals surface area contributed by atoms with Gasteiger partial charge >= 0.3 is 0 Å². The number of rotatable bonds is 6. The van der Waals surface area contributed by atoms with Gasteiger partial charge < -0.3 is 9.84 Å². The first-order chi connectivity index (χ1) is 15.2. The topological polar surface area (TPSA) is 90.8 Å². The highest BCUT2D eigenvalue weighted by molar-refractivity contribution is 6.32. The molecule has 166 valence electrons. The average molecular weight is 477 g/mol. The fraction of sp³-hybridized carbons (Fsp3) is 0.238. The van der Waals surface area contributed by atoms with Crippen LogP contribution in [0.3, 0.4) is 0 Å². The van der Waals surface area contributed by atoms with Gasteiger partial charge in [-0.1, -0.05) is 34.4 Å². The zero-order valence-electron chi connectivity index (χ0n) is 17.5. The van der Waals surface area contributed by atoms with Crippen molar-refractivity contribution in [2.45, 2.75) is 33.9 Å². The Bertz CT molecular complexity index is 1290. The lowest BCUT2D eigenvalue weighted by Gasteiger charge is -2.07. The number of amides is 1. The van der Waals surface area contributed by atoms with Gasteiger partial charge in [-0.3, -0.25) is 14.2 Å². The molecule has 0 bridgehead atoms. The lowest BCUT2D eigenvalue weighted by Crippen LogP contribution is -2.17. The number of benzene rings is 1. The third kappa shape index (κ3) is 4.26. The molecule has 3 heterocycles. The molecule has 0 unspecified atom stereocenters. The van der Waals surface area contributed by atoms with Crippen molar-refractivity contribution in [1.29, 1.82) is 0 Å². The molecule has 32 heavy (non-hydrogen) atoms. The second-order valence-corrected chi connectivity index (χ2v) is 8.05. The predicted molar refractivity (Wildman–Crippen MR) is 118 cm³/mol. The number of anilines is 1. The fourth-order valence-corrected chi connectivity index (χ4v) is 3.63. The molecular weight excluding hydrogens is 458 g/mol. The summed E-state index contributed by atoms with van der Waals surface area (Å²) in [5.74, 6) is -0.133. The van der Waals surface area contributed by atoms with Crippen LogP contribution in [0.2, 0.25) is 10.0 Å². The van der Waals surface area contributed by atoms with Crippen molar-refractivity contribution in [3.63, 3.8) is 0 Å². The van der Waals surface area contributed by atoms with Gasteiger partial charge in [0.1, 0.15) is 11.6 Å². The smallest absolute Gasteiger partial charge is 0.279 e. The van der Waals surface area contributed by atoms with Crippen molar-refractivity contribution < 1.29 is 13.7 Å². The van der Waals surface area contributed by atoms with Crippen molar-refractivity contribution in [1.82, 2.24) is 24.7 Å². The summed E-state index contributed by atoms with van der Waals surface area (Å²) in [4.78, 5) is 12.9. The molecule has 1 amide bonds. The molecule has 0 atom stereocenters. The Balaban J connectivity index is 1.51. The van der Waals surface area contributed by atoms with E-state index < -0.39 is 11.7 Å². The molecule has 0 aliphatic heterocycles. The van der Waals surface area contributed by atoms with Crippen molar-refractivity contribution >= 4 is 34.9 Å². The van der Waals surface area contributed by atoms with Crippen molar-refractivity contribution in [2.24, 2.45) is 0 Å². The number of hydrogen-bond acceptors (Lipinski definition) is 5. The normalized spacial score (nSPS) is 11.2. The molecule has 11 heteroatoms. The maximum Gasteiger partial charge on any atom is 0.279 e. The maximum absolute atomic E-state index is 14.0. The summed E-state index contributed by atoms with van der Waals surface area (Å²) in [5, 5.41) is 16.1. The Kier molecular flexibility index (Phi) is 6.03. The van der Waals surface area contributed by atoms with Gasteiger partial charge in [-0.25, -0.2) is 4.39 Å². The van der Waals surface area contributed by atoms with Crippen molar-refractivity contribution in [3.8, 4) is 0 Å². The number of halogens is 3. The maximum atomic E-state index is 14.0. The van der Waals surface area contributed by atoms with E-state index in [1.807, 2.05) is 13.8 Å². The van der Waals surface area contributed by atoms with Crippen LogP contribution in [0.5, 0.6) is 0 Å². The highest BCUT2D eigenvalue weighted by Crippen LogP contribution is 2.23. The van der Waals surface area contributed by atoms with Gasteiger partial charge in [-0.15, -0.1) is 0 Å². The number of nitrogens with one attached hydrogen (secondary N) is 1. The van der Waals surface area contributed by atoms with E-state index >= 15 is 0 Å². The molecule has 0 fully saturated rings. The second kappa shape index (κ2) is 8.76. The molecule has 0 spiro atoms. The number of aryl methyl sites for hydroxylation is 2. The zero-order valence-corrected chi connectivity index (χ0v) is 19.0. The predicted octanol–water partition coefficient (Wildman–Crippen LogP) is 4.79. The number of nitrogens with zero attached hydrogens (tertiary/aromatic N) is 5. The van der Waals surface area contributed by atoms with Gasteiger partial charge in [0, 0.05) is 28.4 Å². The molecule has 1 N–H and O–H groups in total. The van der Waals surface area contributed by atoms with E-state index in [0.29, 0.717) is 32.6 Å². The third-order valence-electron chi connectivity index (χ3n) is 5.06. The van der Waals surface area contributed by atoms with Crippen LogP contribution < -0.4 is 5.32 Å². The fourth-order valence-electron chi connectivity index (χ4n) is 3.27. The second-order valence-electron chi connectivity index (χ2n) is 7.26. The number of carbonyl (C=O) groups excluding carboxylic acids is 1. The molecule has 8 nitrogen and oxygen atoms in total. The molecule has 0 saturated heterocycles. The van der Waals surface area contributed by atoms with Crippen LogP contribution in [0.15, 0.2) is 35.0 Å². The van der Waals surface area contributed by atoms with Gasteiger partial charge in [0.15, 0.2) is 11.5 Å². The van der Waals surface area contributed by atoms with E-state index in [4.69, 9.17) is 27.7 Å². The summed E-state index contributed by atoms with van der Waals surface area (Å²) in [7, 11) is 0. The summed E-state index contributed by atoms with van der Waals surface area (Å²) in [6.07, 6.45) is 1.62. The Hall–Kier alpha value is -3.17. The highest BCUT2D eigenvalue weighted by atomic mass is 35.5. The zero-order chi connectivity index (χ0) is 23.0. The lowest BCUT2D eigenvalue weighted by molar-refractivity contribution is 0.101. The van der Waals surface area contributed by atoms with Crippen LogP contribution >= 0.6 is 23.2 Å². The van der Waals surface area contributed by atoms with Crippen LogP contribution in [-0.4, -0.2) is 30.6 Å². The minimum absolute atomic E-state index is 0.119. The van der Waals surface area contributed by atoms with E-state index in [9.17, 15) is 9.18 Å². The minimum atomic E-state index is -0.487. The molecule has 4 rings (SSSR count). The molecule has 0 saturated carbocycles. The number of hydrogen-bond donors (Lipinski definition) is 1. The third-order valence-corrected chi connectivity index (χ3v) is 5.97. The van der Waals surface area contributed by atoms with Gasteiger partial charge in [0.25, 0.3) is 5.91 Å². The van der Waals surface area contributed by atoms with Gasteiger partial charge in [0.2, 0.25) is 0 Å². The van der Waals surface area contributed by atoms with Crippen molar-refractivity contribution in [3.05, 3.63) is 80.3 Å². The van der Waals surface area contributed by atoms with Crippen molar-refractivity contribution in [2.75, 3.05) is 5.32 Å². The highest BCUT2D eigenvalue weighted by Gasteiger charge is 2.22. The van der Waals surface area contributed by atoms with Crippen LogP contribution in [0, 0.1) is 26.6 Å². The Labute approximate surface area is 192 Å². The van der Waals surface area contributed by atoms with E-state index in [1.54, 1.807) is 29.9 Å². The average Bonchev–Trinajstić information content (AvgIpc) is 3.41. The molecule has 0 aliphatic carbocycles. The molecule has 0 radical (unpaired) electrons. The van der Waals surface area contributed by atoms with Crippen LogP contribution in [0.25, 0.3) is 0 Å². The van der Waals surface area contributed by atoms with Gasteiger partial charge in [0.05, 0.1) is 29.5 Å². The van der Waals surface area contributed by atoms with Gasteiger partial charge in [-0.2, -0.15) is 10.2 Å². The van der Waals surface area contributed by atoms with Crippen LogP contribution in [0.4, 0.5) is 10.2 Å². The van der Waals surface area contributed by atoms with Crippen LogP contribution in [-0.2, 0) is 13.1 Å². The van der Waals surface area contributed by atoms with E-state index in [0.717, 1.165) is 5.69 Å². The summed E-state index contributed by atoms with van der Waals surface area (Å²) < 4.78 is 22.4. The first-order valence-corrected chi connectivity index (χ1v) is 10.4. The quantitative estimate of drug-likeness (QED) is 0.432. The number of aromatic nitrogens is 5. The molecule has 0 aliphatic rings. The summed E-state index contributed by atoms with van der Waals surface area (Å²) in [6.45, 7) is 5.77. The standard InChI is InChI=1S/C21H19Cl2FN6O2/c1-11-19(23)12(2)30(26-11)10-14-13(3)32-28-20(14)21(31)25-18-7-8-29(27-18)9-15-16(22)5-4-6-17(15)24/h4-8H,9-10H2,1-3H3,(H,25,27,31). The molecular formula is C21H19Cl2FN6O2. The van der Waals surface area contributed by atoms with E-state index in [1.165, 1.54) is 16.8 Å². The first-order valence-electron chi connectivity index (χ1n) is 9.67. The Morgan fingerprint density at radius 2 is 1.91 bits per heavy atom. The van der Waals surface area contributed by atoms with Gasteiger partial charge in [-0.05, 0) is 32.9 Å².